The number of benzene rings is 3. The molecule has 1 N–H and O–H groups in total. The third-order valence-corrected chi connectivity index (χ3v) is 3.65. The van der Waals surface area contributed by atoms with E-state index in [1.54, 1.807) is 6.21 Å². The fourth-order valence-corrected chi connectivity index (χ4v) is 2.39. The van der Waals surface area contributed by atoms with E-state index in [-0.39, 0.29) is 11.8 Å². The number of rotatable bonds is 3. The number of phenols is 1. The molecule has 104 valence electrons. The molecule has 0 unspecified atom stereocenters. The highest BCUT2D eigenvalue weighted by Crippen LogP contribution is 2.28. The second kappa shape index (κ2) is 5.80. The third-order valence-electron chi connectivity index (χ3n) is 3.65. The molecule has 0 aliphatic carbocycles. The van der Waals surface area contributed by atoms with Gasteiger partial charge in [0.1, 0.15) is 5.75 Å². The Morgan fingerprint density at radius 2 is 1.62 bits per heavy atom. The number of phenolic OH excluding ortho intramolecular Hbond substituents is 1. The Balaban J connectivity index is 1.91. The zero-order valence-corrected chi connectivity index (χ0v) is 11.9. The highest BCUT2D eigenvalue weighted by Gasteiger charge is 2.05. The van der Waals surface area contributed by atoms with E-state index in [4.69, 9.17) is 0 Å². The summed E-state index contributed by atoms with van der Waals surface area (Å²) in [6, 6.07) is 21.9. The maximum atomic E-state index is 10.3. The zero-order chi connectivity index (χ0) is 14.7. The van der Waals surface area contributed by atoms with Gasteiger partial charge < -0.3 is 5.11 Å². The molecule has 2 nitrogen and oxygen atoms in total. The van der Waals surface area contributed by atoms with Gasteiger partial charge in [0.2, 0.25) is 0 Å². The Kier molecular flexibility index (Phi) is 3.69. The molecule has 3 rings (SSSR count). The minimum Gasteiger partial charge on any atom is -0.507 e. The van der Waals surface area contributed by atoms with Gasteiger partial charge in [-0.25, -0.2) is 0 Å². The lowest BCUT2D eigenvalue weighted by Crippen LogP contribution is -1.91. The van der Waals surface area contributed by atoms with Crippen LogP contribution in [-0.4, -0.2) is 11.3 Å². The van der Waals surface area contributed by atoms with Crippen molar-refractivity contribution in [1.82, 2.24) is 0 Å². The summed E-state index contributed by atoms with van der Waals surface area (Å²) in [6.45, 7) is 2.05. The SMILES string of the molecule is C[C@@H](N=Cc1ccc2ccccc2c1O)c1ccccc1. The molecule has 0 saturated heterocycles. The normalized spacial score (nSPS) is 12.8. The van der Waals surface area contributed by atoms with E-state index in [1.165, 1.54) is 0 Å². The molecule has 3 aromatic rings. The molecule has 0 saturated carbocycles. The predicted molar refractivity (Wildman–Crippen MR) is 88.1 cm³/mol. The predicted octanol–water partition coefficient (Wildman–Crippen LogP) is 4.73. The van der Waals surface area contributed by atoms with Crippen LogP contribution in [0.2, 0.25) is 0 Å². The van der Waals surface area contributed by atoms with Crippen LogP contribution in [0.3, 0.4) is 0 Å². The maximum Gasteiger partial charge on any atom is 0.132 e. The average molecular weight is 275 g/mol. The number of nitrogens with zero attached hydrogens (tertiary/aromatic N) is 1. The summed E-state index contributed by atoms with van der Waals surface area (Å²) < 4.78 is 0. The molecule has 0 aliphatic heterocycles. The zero-order valence-electron chi connectivity index (χ0n) is 11.9. The first kappa shape index (κ1) is 13.4. The summed E-state index contributed by atoms with van der Waals surface area (Å²) in [4.78, 5) is 4.55. The molecule has 0 amide bonds. The molecule has 0 aromatic heterocycles. The second-order valence-electron chi connectivity index (χ2n) is 5.09. The molecule has 1 atom stereocenters. The Morgan fingerprint density at radius 1 is 0.905 bits per heavy atom. The number of hydrogen-bond donors (Lipinski definition) is 1. The van der Waals surface area contributed by atoms with Gasteiger partial charge in [0, 0.05) is 17.2 Å². The van der Waals surface area contributed by atoms with Crippen LogP contribution >= 0.6 is 0 Å². The first-order valence-electron chi connectivity index (χ1n) is 7.04. The number of aliphatic imine (C=N–C) groups is 1. The van der Waals surface area contributed by atoms with Crippen molar-refractivity contribution >= 4 is 17.0 Å². The van der Waals surface area contributed by atoms with Crippen LogP contribution in [-0.2, 0) is 0 Å². The minimum absolute atomic E-state index is 0.0667. The molecule has 0 aliphatic rings. The van der Waals surface area contributed by atoms with E-state index in [1.807, 2.05) is 61.5 Å². The van der Waals surface area contributed by atoms with Crippen molar-refractivity contribution in [1.29, 1.82) is 0 Å². The molecular weight excluding hydrogens is 258 g/mol. The summed E-state index contributed by atoms with van der Waals surface area (Å²) in [5.41, 5.74) is 1.91. The van der Waals surface area contributed by atoms with Gasteiger partial charge >= 0.3 is 0 Å². The van der Waals surface area contributed by atoms with Gasteiger partial charge in [-0.05, 0) is 23.9 Å². The highest BCUT2D eigenvalue weighted by atomic mass is 16.3. The summed E-state index contributed by atoms with van der Waals surface area (Å²) in [6.07, 6.45) is 1.75. The Bertz CT molecular complexity index is 778. The Morgan fingerprint density at radius 3 is 2.43 bits per heavy atom. The minimum atomic E-state index is 0.0667. The van der Waals surface area contributed by atoms with E-state index < -0.39 is 0 Å². The molecule has 0 heterocycles. The second-order valence-corrected chi connectivity index (χ2v) is 5.09. The van der Waals surface area contributed by atoms with Gasteiger partial charge in [-0.2, -0.15) is 0 Å². The summed E-state index contributed by atoms with van der Waals surface area (Å²) >= 11 is 0. The summed E-state index contributed by atoms with van der Waals surface area (Å²) in [7, 11) is 0. The van der Waals surface area contributed by atoms with Gasteiger partial charge in [0.05, 0.1) is 6.04 Å². The molecule has 0 spiro atoms. The van der Waals surface area contributed by atoms with Crippen molar-refractivity contribution < 1.29 is 5.11 Å². The molecule has 0 radical (unpaired) electrons. The lowest BCUT2D eigenvalue weighted by Gasteiger charge is -2.07. The van der Waals surface area contributed by atoms with Gasteiger partial charge in [0.15, 0.2) is 0 Å². The van der Waals surface area contributed by atoms with Crippen LogP contribution in [0.25, 0.3) is 10.8 Å². The Hall–Kier alpha value is -2.61. The van der Waals surface area contributed by atoms with E-state index in [0.717, 1.165) is 21.9 Å². The van der Waals surface area contributed by atoms with Gasteiger partial charge in [0.25, 0.3) is 0 Å². The standard InChI is InChI=1S/C19H17NO/c1-14(15-7-3-2-4-8-15)20-13-17-12-11-16-9-5-6-10-18(16)19(17)21/h2-14,21H,1H3/t14-/m1/s1. The van der Waals surface area contributed by atoms with Gasteiger partial charge in [-0.15, -0.1) is 0 Å². The van der Waals surface area contributed by atoms with Crippen molar-refractivity contribution in [2.75, 3.05) is 0 Å². The molecule has 2 heteroatoms. The van der Waals surface area contributed by atoms with Crippen LogP contribution < -0.4 is 0 Å². The van der Waals surface area contributed by atoms with Crippen molar-refractivity contribution in [3.63, 3.8) is 0 Å². The fraction of sp³-hybridized carbons (Fsp3) is 0.105. The summed E-state index contributed by atoms with van der Waals surface area (Å²) in [5, 5.41) is 12.2. The van der Waals surface area contributed by atoms with Crippen molar-refractivity contribution in [2.24, 2.45) is 4.99 Å². The van der Waals surface area contributed by atoms with E-state index in [0.29, 0.717) is 0 Å². The molecule has 0 fully saturated rings. The van der Waals surface area contributed by atoms with Crippen LogP contribution in [0.1, 0.15) is 24.1 Å². The molecule has 21 heavy (non-hydrogen) atoms. The Labute approximate surface area is 124 Å². The van der Waals surface area contributed by atoms with E-state index in [9.17, 15) is 5.11 Å². The van der Waals surface area contributed by atoms with Crippen LogP contribution in [0.15, 0.2) is 71.7 Å². The van der Waals surface area contributed by atoms with Crippen molar-refractivity contribution in [3.8, 4) is 5.75 Å². The van der Waals surface area contributed by atoms with Gasteiger partial charge in [-0.1, -0.05) is 60.7 Å². The number of hydrogen-bond acceptors (Lipinski definition) is 2. The first-order chi connectivity index (χ1) is 10.3. The molecule has 3 aromatic carbocycles. The van der Waals surface area contributed by atoms with E-state index in [2.05, 4.69) is 17.1 Å². The monoisotopic (exact) mass is 275 g/mol. The first-order valence-corrected chi connectivity index (χ1v) is 7.04. The van der Waals surface area contributed by atoms with Crippen LogP contribution in [0.5, 0.6) is 5.75 Å². The smallest absolute Gasteiger partial charge is 0.132 e. The van der Waals surface area contributed by atoms with Crippen LogP contribution in [0, 0.1) is 0 Å². The topological polar surface area (TPSA) is 32.6 Å². The maximum absolute atomic E-state index is 10.3. The lowest BCUT2D eigenvalue weighted by molar-refractivity contribution is 0.481. The highest BCUT2D eigenvalue weighted by molar-refractivity contribution is 5.97. The number of fused-ring (bicyclic) bond motifs is 1. The van der Waals surface area contributed by atoms with Crippen molar-refractivity contribution in [2.45, 2.75) is 13.0 Å². The van der Waals surface area contributed by atoms with E-state index >= 15 is 0 Å². The summed E-state index contributed by atoms with van der Waals surface area (Å²) in [5.74, 6) is 0.289. The largest absolute Gasteiger partial charge is 0.507 e. The van der Waals surface area contributed by atoms with Gasteiger partial charge in [-0.3, -0.25) is 4.99 Å². The fourth-order valence-electron chi connectivity index (χ4n) is 2.39. The van der Waals surface area contributed by atoms with Crippen molar-refractivity contribution in [3.05, 3.63) is 77.9 Å². The quantitative estimate of drug-likeness (QED) is 0.689. The number of aromatic hydroxyl groups is 1. The van der Waals surface area contributed by atoms with Crippen LogP contribution in [0.4, 0.5) is 0 Å². The third kappa shape index (κ3) is 2.79. The molecular formula is C19H17NO. The lowest BCUT2D eigenvalue weighted by atomic mass is 10.1. The average Bonchev–Trinajstić information content (AvgIpc) is 2.55. The molecule has 0 bridgehead atoms.